The van der Waals surface area contributed by atoms with Crippen molar-refractivity contribution in [2.75, 3.05) is 18.9 Å². The van der Waals surface area contributed by atoms with Gasteiger partial charge < -0.3 is 10.2 Å². The minimum Gasteiger partial charge on any atom is -0.373 e. The summed E-state index contributed by atoms with van der Waals surface area (Å²) in [6.45, 7) is 4.98. The van der Waals surface area contributed by atoms with E-state index in [1.807, 2.05) is 17.0 Å². The van der Waals surface area contributed by atoms with Gasteiger partial charge in [0.15, 0.2) is 0 Å². The van der Waals surface area contributed by atoms with E-state index in [-0.39, 0.29) is 11.9 Å². The van der Waals surface area contributed by atoms with Crippen molar-refractivity contribution in [1.82, 2.24) is 9.88 Å². The number of hydrogen-bond acceptors (Lipinski definition) is 3. The van der Waals surface area contributed by atoms with Gasteiger partial charge in [0.25, 0.3) is 5.91 Å². The Morgan fingerprint density at radius 1 is 1.50 bits per heavy atom. The molecule has 0 saturated heterocycles. The molecule has 1 heterocycles. The number of carbonyl (C=O) groups excluding carboxylic acids is 1. The lowest BCUT2D eigenvalue weighted by Gasteiger charge is -2.26. The quantitative estimate of drug-likeness (QED) is 0.869. The number of aromatic nitrogens is 1. The zero-order valence-corrected chi connectivity index (χ0v) is 11.3. The van der Waals surface area contributed by atoms with Gasteiger partial charge in [-0.3, -0.25) is 4.79 Å². The maximum Gasteiger partial charge on any atom is 0.272 e. The number of pyridine rings is 1. The Labute approximate surface area is 108 Å². The molecule has 0 bridgehead atoms. The standard InChI is InChI=1S/C14H21N3O/c1-10(2)17(9-11-7-8-11)14(18)12-5-4-6-13(15-3)16-12/h4-6,10-11H,7-9H2,1-3H3,(H,15,16). The van der Waals surface area contributed by atoms with Crippen LogP contribution in [0.15, 0.2) is 18.2 Å². The fraction of sp³-hybridized carbons (Fsp3) is 0.571. The molecule has 1 saturated carbocycles. The number of hydrogen-bond donors (Lipinski definition) is 1. The lowest BCUT2D eigenvalue weighted by Crippen LogP contribution is -2.39. The molecule has 0 unspecified atom stereocenters. The summed E-state index contributed by atoms with van der Waals surface area (Å²) in [6.07, 6.45) is 2.50. The van der Waals surface area contributed by atoms with E-state index in [1.54, 1.807) is 13.1 Å². The minimum absolute atomic E-state index is 0.0361. The molecular formula is C14H21N3O. The van der Waals surface area contributed by atoms with Crippen LogP contribution in [0.2, 0.25) is 0 Å². The fourth-order valence-electron chi connectivity index (χ4n) is 1.95. The van der Waals surface area contributed by atoms with Crippen molar-refractivity contribution in [2.45, 2.75) is 32.7 Å². The smallest absolute Gasteiger partial charge is 0.272 e. The number of carbonyl (C=O) groups is 1. The van der Waals surface area contributed by atoms with Crippen LogP contribution in [0, 0.1) is 5.92 Å². The predicted octanol–water partition coefficient (Wildman–Crippen LogP) is 2.38. The zero-order chi connectivity index (χ0) is 13.1. The van der Waals surface area contributed by atoms with Gasteiger partial charge in [0.2, 0.25) is 0 Å². The molecule has 0 aliphatic heterocycles. The van der Waals surface area contributed by atoms with Crippen molar-refractivity contribution in [3.05, 3.63) is 23.9 Å². The highest BCUT2D eigenvalue weighted by atomic mass is 16.2. The highest BCUT2D eigenvalue weighted by Crippen LogP contribution is 2.30. The summed E-state index contributed by atoms with van der Waals surface area (Å²) in [7, 11) is 1.81. The number of amides is 1. The molecule has 1 fully saturated rings. The molecule has 1 N–H and O–H groups in total. The van der Waals surface area contributed by atoms with Crippen LogP contribution < -0.4 is 5.32 Å². The van der Waals surface area contributed by atoms with Crippen molar-refractivity contribution in [2.24, 2.45) is 5.92 Å². The maximum atomic E-state index is 12.5. The average molecular weight is 247 g/mol. The predicted molar refractivity (Wildman–Crippen MR) is 72.7 cm³/mol. The largest absolute Gasteiger partial charge is 0.373 e. The third-order valence-corrected chi connectivity index (χ3v) is 3.26. The van der Waals surface area contributed by atoms with E-state index < -0.39 is 0 Å². The average Bonchev–Trinajstić information content (AvgIpc) is 3.19. The summed E-state index contributed by atoms with van der Waals surface area (Å²) in [5.74, 6) is 1.47. The molecule has 1 aromatic heterocycles. The van der Waals surface area contributed by atoms with Gasteiger partial charge in [-0.15, -0.1) is 0 Å². The second-order valence-electron chi connectivity index (χ2n) is 5.15. The SMILES string of the molecule is CNc1cccc(C(=O)N(CC2CC2)C(C)C)n1. The molecule has 1 amide bonds. The van der Waals surface area contributed by atoms with Crippen LogP contribution in [0.3, 0.4) is 0 Å². The van der Waals surface area contributed by atoms with E-state index in [4.69, 9.17) is 0 Å². The molecule has 4 heteroatoms. The summed E-state index contributed by atoms with van der Waals surface area (Å²) in [6, 6.07) is 5.72. The Bertz CT molecular complexity index is 427. The van der Waals surface area contributed by atoms with E-state index in [0.29, 0.717) is 11.6 Å². The van der Waals surface area contributed by atoms with Crippen LogP contribution in [0.4, 0.5) is 5.82 Å². The molecule has 2 rings (SSSR count). The lowest BCUT2D eigenvalue weighted by atomic mass is 10.2. The first-order chi connectivity index (χ1) is 8.61. The van der Waals surface area contributed by atoms with Crippen LogP contribution in [0.1, 0.15) is 37.2 Å². The number of rotatable bonds is 5. The first-order valence-electron chi connectivity index (χ1n) is 6.57. The molecule has 0 radical (unpaired) electrons. The van der Waals surface area contributed by atoms with Crippen LogP contribution in [-0.4, -0.2) is 35.4 Å². The van der Waals surface area contributed by atoms with Crippen molar-refractivity contribution in [1.29, 1.82) is 0 Å². The van der Waals surface area contributed by atoms with Gasteiger partial charge >= 0.3 is 0 Å². The summed E-state index contributed by atoms with van der Waals surface area (Å²) in [4.78, 5) is 18.7. The van der Waals surface area contributed by atoms with E-state index in [0.717, 1.165) is 12.4 Å². The van der Waals surface area contributed by atoms with Crippen molar-refractivity contribution < 1.29 is 4.79 Å². The Balaban J connectivity index is 2.15. The van der Waals surface area contributed by atoms with E-state index in [2.05, 4.69) is 24.1 Å². The number of nitrogens with one attached hydrogen (secondary N) is 1. The molecular weight excluding hydrogens is 226 g/mol. The third kappa shape index (κ3) is 3.00. The Kier molecular flexibility index (Phi) is 3.84. The first kappa shape index (κ1) is 12.9. The van der Waals surface area contributed by atoms with E-state index in [9.17, 15) is 4.79 Å². The molecule has 18 heavy (non-hydrogen) atoms. The van der Waals surface area contributed by atoms with Gasteiger partial charge in [-0.25, -0.2) is 4.98 Å². The molecule has 0 spiro atoms. The zero-order valence-electron chi connectivity index (χ0n) is 11.3. The van der Waals surface area contributed by atoms with Crippen molar-refractivity contribution in [3.63, 3.8) is 0 Å². The summed E-state index contributed by atoms with van der Waals surface area (Å²) >= 11 is 0. The second kappa shape index (κ2) is 5.38. The summed E-state index contributed by atoms with van der Waals surface area (Å²) in [5, 5.41) is 2.96. The van der Waals surface area contributed by atoms with Crippen LogP contribution in [0.25, 0.3) is 0 Å². The van der Waals surface area contributed by atoms with Gasteiger partial charge in [0.1, 0.15) is 11.5 Å². The molecule has 98 valence electrons. The lowest BCUT2D eigenvalue weighted by molar-refractivity contribution is 0.0690. The highest BCUT2D eigenvalue weighted by Gasteiger charge is 2.29. The van der Waals surface area contributed by atoms with Crippen LogP contribution >= 0.6 is 0 Å². The van der Waals surface area contributed by atoms with Gasteiger partial charge in [0, 0.05) is 19.6 Å². The van der Waals surface area contributed by atoms with Crippen LogP contribution in [-0.2, 0) is 0 Å². The summed E-state index contributed by atoms with van der Waals surface area (Å²) < 4.78 is 0. The molecule has 1 aliphatic carbocycles. The van der Waals surface area contributed by atoms with E-state index >= 15 is 0 Å². The first-order valence-corrected chi connectivity index (χ1v) is 6.57. The Morgan fingerprint density at radius 2 is 2.22 bits per heavy atom. The fourth-order valence-corrected chi connectivity index (χ4v) is 1.95. The normalized spacial score (nSPS) is 14.7. The van der Waals surface area contributed by atoms with Gasteiger partial charge in [-0.05, 0) is 44.7 Å². The molecule has 4 nitrogen and oxygen atoms in total. The highest BCUT2D eigenvalue weighted by molar-refractivity contribution is 5.92. The van der Waals surface area contributed by atoms with Crippen LogP contribution in [0.5, 0.6) is 0 Å². The Hall–Kier alpha value is -1.58. The third-order valence-electron chi connectivity index (χ3n) is 3.26. The monoisotopic (exact) mass is 247 g/mol. The second-order valence-corrected chi connectivity index (χ2v) is 5.15. The van der Waals surface area contributed by atoms with Crippen molar-refractivity contribution >= 4 is 11.7 Å². The van der Waals surface area contributed by atoms with Gasteiger partial charge in [-0.1, -0.05) is 6.07 Å². The molecule has 0 aromatic carbocycles. The van der Waals surface area contributed by atoms with E-state index in [1.165, 1.54) is 12.8 Å². The topological polar surface area (TPSA) is 45.2 Å². The molecule has 0 atom stereocenters. The maximum absolute atomic E-state index is 12.5. The Morgan fingerprint density at radius 3 is 2.78 bits per heavy atom. The van der Waals surface area contributed by atoms with Gasteiger partial charge in [0.05, 0.1) is 0 Å². The summed E-state index contributed by atoms with van der Waals surface area (Å²) in [5.41, 5.74) is 0.524. The molecule has 1 aliphatic rings. The van der Waals surface area contributed by atoms with Crippen molar-refractivity contribution in [3.8, 4) is 0 Å². The minimum atomic E-state index is 0.0361. The molecule has 1 aromatic rings. The number of nitrogens with zero attached hydrogens (tertiary/aromatic N) is 2. The van der Waals surface area contributed by atoms with Gasteiger partial charge in [-0.2, -0.15) is 0 Å². The number of anilines is 1.